The van der Waals surface area contributed by atoms with Crippen LogP contribution in [0.3, 0.4) is 0 Å². The third kappa shape index (κ3) is 9.94. The number of nitrogens with zero attached hydrogens (tertiary/aromatic N) is 4. The highest BCUT2D eigenvalue weighted by Gasteiger charge is 2.22. The topological polar surface area (TPSA) is 288 Å². The van der Waals surface area contributed by atoms with E-state index >= 15 is 0 Å². The Hall–Kier alpha value is -5.39. The Kier molecular flexibility index (Phi) is 12.0. The lowest BCUT2D eigenvalue weighted by Crippen LogP contribution is -2.13. The van der Waals surface area contributed by atoms with Gasteiger partial charge in [-0.05, 0) is 60.3 Å². The summed E-state index contributed by atoms with van der Waals surface area (Å²) in [5.41, 5.74) is -0.976. The number of amides is 1. The van der Waals surface area contributed by atoms with Crippen molar-refractivity contribution in [1.29, 1.82) is 0 Å². The maximum atomic E-state index is 12.9. The quantitative estimate of drug-likeness (QED) is 0.0671. The summed E-state index contributed by atoms with van der Waals surface area (Å²) in [4.78, 5) is 11.3. The largest absolute Gasteiger partial charge is 0.507 e. The summed E-state index contributed by atoms with van der Waals surface area (Å²) >= 11 is 0. The molecule has 53 heavy (non-hydrogen) atoms. The van der Waals surface area contributed by atoms with Crippen LogP contribution >= 0.6 is 0 Å². The van der Waals surface area contributed by atoms with Crippen LogP contribution in [0.2, 0.25) is 0 Å². The molecule has 1 amide bonds. The maximum Gasteiger partial charge on any atom is 0.296 e. The Bertz CT molecular complexity index is 2640. The molecule has 0 aliphatic heterocycles. The van der Waals surface area contributed by atoms with Crippen LogP contribution in [0, 0.1) is 0 Å². The monoisotopic (exact) mass is 806 g/mol. The average Bonchev–Trinajstić information content (AvgIpc) is 3.09. The van der Waals surface area contributed by atoms with Gasteiger partial charge in [-0.3, -0.25) is 13.9 Å². The summed E-state index contributed by atoms with van der Waals surface area (Å²) in [5.74, 6) is -1.78. The highest BCUT2D eigenvalue weighted by atomic mass is 32.2. The van der Waals surface area contributed by atoms with Gasteiger partial charge in [0.25, 0.3) is 20.2 Å². The zero-order chi connectivity index (χ0) is 39.4. The Balaban J connectivity index is 1.87. The second kappa shape index (κ2) is 15.7. The Morgan fingerprint density at radius 2 is 1.42 bits per heavy atom. The van der Waals surface area contributed by atoms with Gasteiger partial charge in [-0.25, -0.2) is 16.8 Å². The number of anilines is 2. The molecule has 0 spiro atoms. The first kappa shape index (κ1) is 40.4. The Labute approximate surface area is 304 Å². The third-order valence-corrected chi connectivity index (χ3v) is 11.7. The molecule has 0 unspecified atom stereocenters. The molecule has 0 heterocycles. The average molecular weight is 807 g/mol. The number of sulfone groups is 2. The molecule has 4 rings (SSSR count). The fraction of sp³-hybridized carbons (Fsp3) is 0.129. The van der Waals surface area contributed by atoms with Gasteiger partial charge in [-0.15, -0.1) is 15.3 Å². The predicted octanol–water partition coefficient (Wildman–Crippen LogP) is 6.11. The molecule has 5 N–H and O–H groups in total. The van der Waals surface area contributed by atoms with Crippen LogP contribution in [-0.2, 0) is 44.7 Å². The van der Waals surface area contributed by atoms with Crippen molar-refractivity contribution in [2.24, 2.45) is 20.5 Å². The number of fused-ring (bicyclic) bond motifs is 1. The van der Waals surface area contributed by atoms with E-state index in [4.69, 9.17) is 0 Å². The second-order valence-electron chi connectivity index (χ2n) is 10.8. The SMILES string of the molecule is C=CS(=O)(=O)CCCC(=O)Nc1cc(N=Nc2c(NC)ccc3cc(S(=O)(=O)O)cc(O)c23)c(S(=O)(=O)O)cc1N=Nc1ccc(S(=O)(=O)C=C)cc1. The maximum absolute atomic E-state index is 12.9. The van der Waals surface area contributed by atoms with Crippen molar-refractivity contribution in [1.82, 2.24) is 0 Å². The lowest BCUT2D eigenvalue weighted by molar-refractivity contribution is -0.116. The fourth-order valence-electron chi connectivity index (χ4n) is 4.62. The zero-order valence-electron chi connectivity index (χ0n) is 27.4. The molecule has 280 valence electrons. The number of aromatic hydroxyl groups is 1. The van der Waals surface area contributed by atoms with E-state index in [1.807, 2.05) is 0 Å². The van der Waals surface area contributed by atoms with Crippen molar-refractivity contribution >= 4 is 90.7 Å². The zero-order valence-corrected chi connectivity index (χ0v) is 30.7. The summed E-state index contributed by atoms with van der Waals surface area (Å²) in [6, 6.07) is 11.4. The summed E-state index contributed by atoms with van der Waals surface area (Å²) < 4.78 is 116. The molecule has 22 heteroatoms. The van der Waals surface area contributed by atoms with E-state index < -0.39 is 72.8 Å². The molecular weight excluding hydrogens is 777 g/mol. The lowest BCUT2D eigenvalue weighted by Gasteiger charge is -2.13. The first-order valence-electron chi connectivity index (χ1n) is 14.8. The first-order chi connectivity index (χ1) is 24.7. The molecule has 4 aromatic rings. The number of hydrogen-bond acceptors (Lipinski definition) is 15. The second-order valence-corrected chi connectivity index (χ2v) is 17.6. The van der Waals surface area contributed by atoms with E-state index in [1.165, 1.54) is 43.4 Å². The van der Waals surface area contributed by atoms with Crippen LogP contribution in [0.5, 0.6) is 5.75 Å². The first-order valence-corrected chi connectivity index (χ1v) is 20.9. The molecular formula is C31H30N6O12S4. The Morgan fingerprint density at radius 3 is 2.00 bits per heavy atom. The van der Waals surface area contributed by atoms with Crippen molar-refractivity contribution in [3.8, 4) is 5.75 Å². The minimum atomic E-state index is -5.12. The van der Waals surface area contributed by atoms with Crippen LogP contribution in [0.4, 0.5) is 34.1 Å². The third-order valence-electron chi connectivity index (χ3n) is 7.24. The minimum absolute atomic E-state index is 0.0678. The molecule has 0 atom stereocenters. The van der Waals surface area contributed by atoms with Gasteiger partial charge in [0, 0.05) is 30.4 Å². The number of carbonyl (C=O) groups excluding carboxylic acids is 1. The van der Waals surface area contributed by atoms with Gasteiger partial charge in [0.2, 0.25) is 5.91 Å². The molecule has 0 aliphatic rings. The van der Waals surface area contributed by atoms with Crippen molar-refractivity contribution in [3.05, 3.63) is 84.6 Å². The van der Waals surface area contributed by atoms with Crippen LogP contribution in [-0.4, -0.2) is 66.6 Å². The predicted molar refractivity (Wildman–Crippen MR) is 195 cm³/mol. The number of carbonyl (C=O) groups is 1. The standard InChI is InChI=1S/C31H30N6O12S4/c1-4-50(40,41)14-6-7-29(39)33-24-17-26(36-37-31-23(32-3)13-8-19-15-22(52(44,45)46)16-27(38)30(19)31)28(53(47,48)49)18-25(24)35-34-20-9-11-21(12-10-20)51(42,43)5-2/h4-5,8-13,15-18,32,38H,1-2,6-7,14H2,3H3,(H,33,39)(H,44,45,46)(H,47,48,49). The number of phenolic OH excluding ortho intramolecular Hbond substituents is 1. The number of rotatable bonds is 15. The number of hydrogen-bond donors (Lipinski definition) is 5. The summed E-state index contributed by atoms with van der Waals surface area (Å²) in [5, 5.41) is 33.5. The molecule has 18 nitrogen and oxygen atoms in total. The van der Waals surface area contributed by atoms with Gasteiger partial charge >= 0.3 is 0 Å². The fourth-order valence-corrected chi connectivity index (χ4v) is 7.20. The lowest BCUT2D eigenvalue weighted by atomic mass is 10.1. The van der Waals surface area contributed by atoms with Crippen molar-refractivity contribution in [3.63, 3.8) is 0 Å². The van der Waals surface area contributed by atoms with E-state index in [2.05, 4.69) is 44.2 Å². The van der Waals surface area contributed by atoms with Crippen molar-refractivity contribution < 1.29 is 52.7 Å². The van der Waals surface area contributed by atoms with Crippen LogP contribution in [0.15, 0.2) is 120 Å². The molecule has 4 aromatic carbocycles. The Morgan fingerprint density at radius 1 is 0.755 bits per heavy atom. The summed E-state index contributed by atoms with van der Waals surface area (Å²) in [7, 11) is -15.8. The van der Waals surface area contributed by atoms with E-state index in [0.717, 1.165) is 35.1 Å². The van der Waals surface area contributed by atoms with Gasteiger partial charge < -0.3 is 15.7 Å². The van der Waals surface area contributed by atoms with E-state index in [1.54, 1.807) is 0 Å². The molecule has 0 saturated heterocycles. The number of phenols is 1. The van der Waals surface area contributed by atoms with Crippen molar-refractivity contribution in [2.75, 3.05) is 23.4 Å². The van der Waals surface area contributed by atoms with Gasteiger partial charge in [-0.2, -0.15) is 21.9 Å². The summed E-state index contributed by atoms with van der Waals surface area (Å²) in [6.07, 6.45) is -0.449. The molecule has 0 aromatic heterocycles. The van der Waals surface area contributed by atoms with Gasteiger partial charge in [0.1, 0.15) is 27.7 Å². The molecule has 0 bridgehead atoms. The van der Waals surface area contributed by atoms with Crippen LogP contribution in [0.1, 0.15) is 12.8 Å². The number of azo groups is 2. The van der Waals surface area contributed by atoms with Crippen LogP contribution in [0.25, 0.3) is 10.8 Å². The van der Waals surface area contributed by atoms with Gasteiger partial charge in [0.05, 0.1) is 38.0 Å². The minimum Gasteiger partial charge on any atom is -0.507 e. The molecule has 0 aliphatic carbocycles. The number of nitrogens with one attached hydrogen (secondary N) is 2. The smallest absolute Gasteiger partial charge is 0.296 e. The normalized spacial score (nSPS) is 12.7. The van der Waals surface area contributed by atoms with Crippen LogP contribution < -0.4 is 10.6 Å². The van der Waals surface area contributed by atoms with E-state index in [9.17, 15) is 52.7 Å². The molecule has 0 saturated carbocycles. The van der Waals surface area contributed by atoms with Crippen molar-refractivity contribution in [2.45, 2.75) is 27.5 Å². The number of benzene rings is 4. The highest BCUT2D eigenvalue weighted by molar-refractivity contribution is 7.94. The van der Waals surface area contributed by atoms with E-state index in [-0.39, 0.29) is 56.9 Å². The molecule has 0 radical (unpaired) electrons. The van der Waals surface area contributed by atoms with Gasteiger partial charge in [-0.1, -0.05) is 19.2 Å². The van der Waals surface area contributed by atoms with Gasteiger partial charge in [0.15, 0.2) is 19.7 Å². The highest BCUT2D eigenvalue weighted by Crippen LogP contribution is 2.43. The van der Waals surface area contributed by atoms with E-state index in [0.29, 0.717) is 0 Å². The molecule has 0 fully saturated rings. The summed E-state index contributed by atoms with van der Waals surface area (Å²) in [6.45, 7) is 6.47.